The number of nitrogens with zero attached hydrogens (tertiary/aromatic N) is 8. The predicted molar refractivity (Wildman–Crippen MR) is 165 cm³/mol. The molecule has 0 bridgehead atoms. The zero-order valence-electron chi connectivity index (χ0n) is 24.4. The van der Waals surface area contributed by atoms with Gasteiger partial charge in [0.1, 0.15) is 37.1 Å². The number of hydrogen-bond acceptors (Lipinski definition) is 16. The third kappa shape index (κ3) is 6.86. The summed E-state index contributed by atoms with van der Waals surface area (Å²) in [5.74, 6) is 0.704. The van der Waals surface area contributed by atoms with Crippen LogP contribution in [-0.4, -0.2) is 117 Å². The first-order valence-electron chi connectivity index (χ1n) is 14.2. The lowest BCUT2D eigenvalue weighted by Gasteiger charge is -2.15. The molecule has 0 aromatic carbocycles. The topological polar surface area (TPSA) is 243 Å². The maximum Gasteiger partial charge on any atom is 0.695 e. The number of aliphatic hydroxyl groups excluding tert-OH is 2. The second kappa shape index (κ2) is 15.0. The lowest BCUT2D eigenvalue weighted by atomic mass is 10.1. The van der Waals surface area contributed by atoms with E-state index in [-0.39, 0.29) is 11.3 Å². The second-order valence-electron chi connectivity index (χ2n) is 10.3. The summed E-state index contributed by atoms with van der Waals surface area (Å²) in [6.45, 7) is -0.585. The number of nitrogens with one attached hydrogen (secondary N) is 2. The summed E-state index contributed by atoms with van der Waals surface area (Å²) in [7, 11) is -5.57. The molecule has 0 amide bonds. The van der Waals surface area contributed by atoms with Gasteiger partial charge in [-0.05, 0) is 4.57 Å². The molecule has 2 fully saturated rings. The molecular weight excluding hydrogens is 704 g/mol. The van der Waals surface area contributed by atoms with Crippen molar-refractivity contribution in [2.75, 3.05) is 36.9 Å². The van der Waals surface area contributed by atoms with Crippen LogP contribution in [0.1, 0.15) is 12.5 Å². The van der Waals surface area contributed by atoms with Gasteiger partial charge in [0.15, 0.2) is 71.0 Å². The molecule has 2 aliphatic rings. The van der Waals surface area contributed by atoms with E-state index in [9.17, 15) is 19.3 Å². The van der Waals surface area contributed by atoms with Gasteiger partial charge in [-0.15, -0.1) is 13.9 Å². The van der Waals surface area contributed by atoms with Crippen LogP contribution < -0.4 is 10.6 Å². The number of anilines is 2. The van der Waals surface area contributed by atoms with Crippen LogP contribution in [0.25, 0.3) is 22.3 Å². The number of ether oxygens (including phenoxy) is 2. The van der Waals surface area contributed by atoms with Crippen LogP contribution in [0.15, 0.2) is 37.5 Å². The number of aromatic nitrogens is 8. The number of alkyl halides is 2. The molecule has 4 aromatic heterocycles. The molecule has 48 heavy (non-hydrogen) atoms. The molecule has 0 aliphatic carbocycles. The van der Waals surface area contributed by atoms with Crippen LogP contribution in [0, 0.1) is 0 Å². The smallest absolute Gasteiger partial charge is 0.394 e. The Bertz CT molecular complexity index is 1700. The summed E-state index contributed by atoms with van der Waals surface area (Å²) in [5, 5.41) is 25.3. The van der Waals surface area contributed by atoms with Crippen molar-refractivity contribution >= 4 is 61.7 Å². The molecule has 6 heterocycles. The Balaban J connectivity index is 1.07. The van der Waals surface area contributed by atoms with Crippen molar-refractivity contribution in [3.63, 3.8) is 0 Å². The molecule has 6 rings (SSSR count). The fourth-order valence-corrected chi connectivity index (χ4v) is 6.65. The molecule has 0 radical (unpaired) electrons. The minimum Gasteiger partial charge on any atom is -0.394 e. The van der Waals surface area contributed by atoms with Gasteiger partial charge in [-0.1, -0.05) is 12.2 Å². The number of thiol groups is 1. The van der Waals surface area contributed by atoms with Gasteiger partial charge < -0.3 is 30.3 Å². The number of rotatable bonds is 14. The minimum atomic E-state index is -3.13. The standard InChI is InChI=1S/C24H26F2N10O9P2S/c25-13-17(44-46(39)40)11(5-37)42-23(13)35-9-33-15-19(29-7-31-21(15)35)27-3-1-2-4-28-20-16-22(32-8-30-20)36(10-34-16)24-14(26)18(45-47(41)48)12(6-38)43-24/h1-2,7-14,17-18,23-24,37-38H,3-6H2,(H2-2,27,28,29,30,31,32,39,40,41,48)/p+2/b2-1+/t11?,12-,13-,14-,17-,18-,23-,24-/m1/s1. The van der Waals surface area contributed by atoms with Crippen molar-refractivity contribution < 1.29 is 51.5 Å². The van der Waals surface area contributed by atoms with Crippen molar-refractivity contribution in [3.05, 3.63) is 37.5 Å². The highest BCUT2D eigenvalue weighted by molar-refractivity contribution is 8.39. The Hall–Kier alpha value is -3.43. The lowest BCUT2D eigenvalue weighted by molar-refractivity contribution is -0.0436. The first-order chi connectivity index (χ1) is 23.2. The largest absolute Gasteiger partial charge is 0.695 e. The molecule has 10 atom stereocenters. The van der Waals surface area contributed by atoms with E-state index in [1.165, 1.54) is 34.4 Å². The van der Waals surface area contributed by atoms with E-state index in [1.807, 2.05) is 0 Å². The molecule has 3 unspecified atom stereocenters. The van der Waals surface area contributed by atoms with E-state index in [0.717, 1.165) is 0 Å². The molecular formula is C24H28F2N10O9P2S+2. The highest BCUT2D eigenvalue weighted by Gasteiger charge is 2.52. The molecule has 4 aromatic rings. The maximum atomic E-state index is 15.2. The molecule has 5 N–H and O–H groups in total. The Morgan fingerprint density at radius 2 is 1.27 bits per heavy atom. The average molecular weight is 733 g/mol. The van der Waals surface area contributed by atoms with Gasteiger partial charge in [-0.2, -0.15) is 0 Å². The molecule has 19 nitrogen and oxygen atoms in total. The number of hydrogen-bond donors (Lipinski definition) is 6. The Kier molecular flexibility index (Phi) is 10.8. The molecule has 24 heteroatoms. The summed E-state index contributed by atoms with van der Waals surface area (Å²) < 4.78 is 76.5. The quantitative estimate of drug-likeness (QED) is 0.0611. The van der Waals surface area contributed by atoms with E-state index >= 15 is 8.78 Å². The summed E-state index contributed by atoms with van der Waals surface area (Å²) in [4.78, 5) is 34.4. The van der Waals surface area contributed by atoms with Gasteiger partial charge in [-0.3, -0.25) is 9.13 Å². The maximum absolute atomic E-state index is 15.2. The zero-order valence-corrected chi connectivity index (χ0v) is 27.1. The van der Waals surface area contributed by atoms with Gasteiger partial charge in [0, 0.05) is 17.7 Å². The van der Waals surface area contributed by atoms with Crippen molar-refractivity contribution in [3.8, 4) is 0 Å². The Labute approximate surface area is 275 Å². The summed E-state index contributed by atoms with van der Waals surface area (Å²) in [6.07, 6.45) is -2.57. The van der Waals surface area contributed by atoms with Gasteiger partial charge >= 0.3 is 15.5 Å². The Morgan fingerprint density at radius 1 is 0.812 bits per heavy atom. The van der Waals surface area contributed by atoms with Gasteiger partial charge in [0.2, 0.25) is 0 Å². The lowest BCUT2D eigenvalue weighted by Crippen LogP contribution is -2.32. The first kappa shape index (κ1) is 34.4. The minimum absolute atomic E-state index is 0.220. The van der Waals surface area contributed by atoms with Crippen LogP contribution >= 0.6 is 27.7 Å². The third-order valence-corrected chi connectivity index (χ3v) is 8.66. The molecule has 2 aliphatic heterocycles. The monoisotopic (exact) mass is 732 g/mol. The summed E-state index contributed by atoms with van der Waals surface area (Å²) >= 11 is 3.67. The van der Waals surface area contributed by atoms with Crippen LogP contribution in [0.3, 0.4) is 0 Å². The van der Waals surface area contributed by atoms with E-state index in [4.69, 9.17) is 23.4 Å². The van der Waals surface area contributed by atoms with Crippen molar-refractivity contribution in [1.29, 1.82) is 0 Å². The fourth-order valence-electron chi connectivity index (χ4n) is 5.40. The normalized spacial score (nSPS) is 28.1. The molecule has 0 spiro atoms. The van der Waals surface area contributed by atoms with E-state index < -0.39 is 77.9 Å². The van der Waals surface area contributed by atoms with Crippen molar-refractivity contribution in [2.24, 2.45) is 0 Å². The Morgan fingerprint density at radius 3 is 1.69 bits per heavy atom. The number of imidazole rings is 2. The third-order valence-electron chi connectivity index (χ3n) is 7.52. The number of halogens is 2. The van der Waals surface area contributed by atoms with Crippen LogP contribution in [0.5, 0.6) is 0 Å². The predicted octanol–water partition coefficient (Wildman–Crippen LogP) is 1.51. The number of aliphatic hydroxyl groups is 2. The van der Waals surface area contributed by atoms with Crippen LogP contribution in [0.4, 0.5) is 20.4 Å². The highest BCUT2D eigenvalue weighted by atomic mass is 32.7. The van der Waals surface area contributed by atoms with Crippen LogP contribution in [0.2, 0.25) is 0 Å². The number of fused-ring (bicyclic) bond motifs is 2. The molecule has 2 saturated heterocycles. The molecule has 256 valence electrons. The molecule has 0 saturated carbocycles. The van der Waals surface area contributed by atoms with E-state index in [1.54, 1.807) is 12.2 Å². The average Bonchev–Trinajstić information content (AvgIpc) is 3.83. The first-order valence-corrected chi connectivity index (χ1v) is 17.6. The summed E-state index contributed by atoms with van der Waals surface area (Å²) in [6, 6.07) is 0. The van der Waals surface area contributed by atoms with E-state index in [0.29, 0.717) is 35.8 Å². The van der Waals surface area contributed by atoms with Crippen molar-refractivity contribution in [2.45, 2.75) is 49.2 Å². The van der Waals surface area contributed by atoms with Gasteiger partial charge in [0.05, 0.1) is 25.9 Å². The van der Waals surface area contributed by atoms with Gasteiger partial charge in [-0.25, -0.2) is 38.7 Å². The van der Waals surface area contributed by atoms with Gasteiger partial charge in [0.25, 0.3) is 0 Å². The van der Waals surface area contributed by atoms with Crippen LogP contribution in [-0.2, 0) is 27.7 Å². The second-order valence-corrected chi connectivity index (χ2v) is 12.7. The van der Waals surface area contributed by atoms with Crippen molar-refractivity contribution in [1.82, 2.24) is 39.0 Å². The fraction of sp³-hybridized carbons (Fsp3) is 0.500. The summed E-state index contributed by atoms with van der Waals surface area (Å²) in [5.41, 5.74) is 1.12. The highest BCUT2D eigenvalue weighted by Crippen LogP contribution is 2.42. The zero-order chi connectivity index (χ0) is 33.9. The SMILES string of the molecule is O=[P+](O)O[C@@H]1C(CO)O[C@@H](n2cnc3c(NC/C=C/CNc4ncnc5c4ncn5[C@@H]4O[C@H](CO)[C@@H](O[P+](=O)S)[C@H]4F)ncnc32)[C@@H]1F. The van der Waals surface area contributed by atoms with E-state index in [2.05, 4.69) is 52.8 Å².